The van der Waals surface area contributed by atoms with E-state index in [0.717, 1.165) is 6.54 Å². The van der Waals surface area contributed by atoms with Gasteiger partial charge >= 0.3 is 0 Å². The molecular formula is C25H27N3O6. The van der Waals surface area contributed by atoms with E-state index in [-0.39, 0.29) is 23.4 Å². The standard InChI is InChI=1S/C25H27N3O6/c1-4-16-34-20-12-8-18(9-13-20)23(29)21-22(17-6-10-19(11-7-17)28(32)33)27(25(31)24(21)30)15-5-14-26(2)3/h4,6-13,22,29H,1,5,14-16H2,2-3H3/b23-21+. The summed E-state index contributed by atoms with van der Waals surface area (Å²) in [5.41, 5.74) is 0.436. The average Bonchev–Trinajstić information content (AvgIpc) is 3.07. The van der Waals surface area contributed by atoms with Gasteiger partial charge in [0.05, 0.1) is 31.6 Å². The van der Waals surface area contributed by atoms with Crippen LogP contribution in [-0.4, -0.2) is 55.3 Å². The minimum atomic E-state index is -0.915. The SMILES string of the molecule is C=CCOc1ccc(/C([O-])=C2\C(=O)C(=O)N(CCC[NH+](C)C)C2c2ccc([N+](=O)[O-])cc2)cc1. The lowest BCUT2D eigenvalue weighted by Crippen LogP contribution is -3.05. The summed E-state index contributed by atoms with van der Waals surface area (Å²) in [5, 5.41) is 24.5. The van der Waals surface area contributed by atoms with Crippen LogP contribution < -0.4 is 14.7 Å². The highest BCUT2D eigenvalue weighted by Gasteiger charge is 2.44. The minimum absolute atomic E-state index is 0.120. The molecule has 0 saturated carbocycles. The maximum Gasteiger partial charge on any atom is 0.295 e. The Kier molecular flexibility index (Phi) is 7.80. The monoisotopic (exact) mass is 465 g/mol. The van der Waals surface area contributed by atoms with Crippen LogP contribution in [-0.2, 0) is 9.59 Å². The van der Waals surface area contributed by atoms with E-state index in [1.807, 2.05) is 14.1 Å². The van der Waals surface area contributed by atoms with Crippen LogP contribution in [0.4, 0.5) is 5.69 Å². The number of benzene rings is 2. The fourth-order valence-corrected chi connectivity index (χ4v) is 3.84. The van der Waals surface area contributed by atoms with Crippen LogP contribution >= 0.6 is 0 Å². The molecule has 1 saturated heterocycles. The lowest BCUT2D eigenvalue weighted by atomic mass is 9.95. The number of amides is 1. The first-order valence-electron chi connectivity index (χ1n) is 10.9. The van der Waals surface area contributed by atoms with E-state index in [2.05, 4.69) is 6.58 Å². The van der Waals surface area contributed by atoms with Gasteiger partial charge in [-0.2, -0.15) is 0 Å². The van der Waals surface area contributed by atoms with Crippen molar-refractivity contribution < 1.29 is 29.3 Å². The third-order valence-corrected chi connectivity index (χ3v) is 5.51. The van der Waals surface area contributed by atoms with Gasteiger partial charge in [-0.05, 0) is 35.4 Å². The van der Waals surface area contributed by atoms with Crippen molar-refractivity contribution in [1.29, 1.82) is 0 Å². The second-order valence-electron chi connectivity index (χ2n) is 8.26. The second kappa shape index (κ2) is 10.8. The molecule has 1 amide bonds. The normalized spacial score (nSPS) is 17.3. The molecule has 0 bridgehead atoms. The van der Waals surface area contributed by atoms with Crippen molar-refractivity contribution in [2.75, 3.05) is 33.8 Å². The molecule has 34 heavy (non-hydrogen) atoms. The van der Waals surface area contributed by atoms with Gasteiger partial charge in [-0.3, -0.25) is 19.7 Å². The number of rotatable bonds is 10. The Morgan fingerprint density at radius 2 is 1.79 bits per heavy atom. The summed E-state index contributed by atoms with van der Waals surface area (Å²) in [6.07, 6.45) is 2.22. The number of nitrogens with one attached hydrogen (secondary N) is 1. The van der Waals surface area contributed by atoms with E-state index in [1.54, 1.807) is 18.2 Å². The Morgan fingerprint density at radius 3 is 2.35 bits per heavy atom. The van der Waals surface area contributed by atoms with Gasteiger partial charge in [0.2, 0.25) is 5.78 Å². The fourth-order valence-electron chi connectivity index (χ4n) is 3.84. The van der Waals surface area contributed by atoms with Gasteiger partial charge in [0.15, 0.2) is 0 Å². The third kappa shape index (κ3) is 5.32. The number of ether oxygens (including phenoxy) is 1. The Balaban J connectivity index is 2.04. The molecule has 1 heterocycles. The lowest BCUT2D eigenvalue weighted by Gasteiger charge is -2.27. The molecule has 9 nitrogen and oxygen atoms in total. The molecule has 3 rings (SSSR count). The van der Waals surface area contributed by atoms with Crippen molar-refractivity contribution in [2.24, 2.45) is 0 Å². The molecule has 178 valence electrons. The molecule has 1 unspecified atom stereocenters. The molecule has 0 aliphatic carbocycles. The maximum absolute atomic E-state index is 13.4. The van der Waals surface area contributed by atoms with Gasteiger partial charge in [-0.25, -0.2) is 0 Å². The Hall–Kier alpha value is -3.98. The zero-order valence-corrected chi connectivity index (χ0v) is 19.2. The molecule has 0 aromatic heterocycles. The van der Waals surface area contributed by atoms with E-state index >= 15 is 0 Å². The maximum atomic E-state index is 13.4. The summed E-state index contributed by atoms with van der Waals surface area (Å²) in [6.45, 7) is 4.94. The quantitative estimate of drug-likeness (QED) is 0.139. The molecular weight excluding hydrogens is 438 g/mol. The number of quaternary nitrogens is 1. The Bertz CT molecular complexity index is 1110. The predicted octanol–water partition coefficient (Wildman–Crippen LogP) is 0.918. The minimum Gasteiger partial charge on any atom is -0.872 e. The zero-order valence-electron chi connectivity index (χ0n) is 19.2. The van der Waals surface area contributed by atoms with Gasteiger partial charge in [0.25, 0.3) is 11.6 Å². The average molecular weight is 466 g/mol. The van der Waals surface area contributed by atoms with E-state index in [9.17, 15) is 24.8 Å². The van der Waals surface area contributed by atoms with Crippen LogP contribution in [0.25, 0.3) is 5.76 Å². The second-order valence-corrected chi connectivity index (χ2v) is 8.26. The topological polar surface area (TPSA) is 117 Å². The fraction of sp³-hybridized carbons (Fsp3) is 0.280. The van der Waals surface area contributed by atoms with Crippen LogP contribution in [0.15, 0.2) is 66.8 Å². The summed E-state index contributed by atoms with van der Waals surface area (Å²) in [4.78, 5) is 39.0. The Morgan fingerprint density at radius 1 is 1.15 bits per heavy atom. The van der Waals surface area contributed by atoms with Crippen LogP contribution in [0, 0.1) is 10.1 Å². The number of nitro groups is 1. The number of nitrogens with zero attached hydrogens (tertiary/aromatic N) is 2. The number of likely N-dealkylation sites (tertiary alicyclic amines) is 1. The van der Waals surface area contributed by atoms with Crippen molar-refractivity contribution in [3.63, 3.8) is 0 Å². The summed E-state index contributed by atoms with van der Waals surface area (Å²) in [7, 11) is 3.96. The van der Waals surface area contributed by atoms with Crippen molar-refractivity contribution in [2.45, 2.75) is 12.5 Å². The number of Topliss-reactive ketones (excluding diaryl/α,β-unsaturated/α-hetero) is 1. The number of hydrogen-bond acceptors (Lipinski definition) is 6. The molecule has 0 radical (unpaired) electrons. The van der Waals surface area contributed by atoms with Crippen molar-refractivity contribution in [1.82, 2.24) is 4.90 Å². The first-order chi connectivity index (χ1) is 16.2. The highest BCUT2D eigenvalue weighted by molar-refractivity contribution is 6.46. The molecule has 2 aromatic rings. The summed E-state index contributed by atoms with van der Waals surface area (Å²) in [6, 6.07) is 11.0. The molecule has 1 N–H and O–H groups in total. The summed E-state index contributed by atoms with van der Waals surface area (Å²) >= 11 is 0. The number of non-ortho nitro benzene ring substituents is 1. The highest BCUT2D eigenvalue weighted by atomic mass is 16.6. The van der Waals surface area contributed by atoms with E-state index in [4.69, 9.17) is 4.74 Å². The van der Waals surface area contributed by atoms with Gasteiger partial charge in [-0.15, -0.1) is 0 Å². The smallest absolute Gasteiger partial charge is 0.295 e. The first-order valence-corrected chi connectivity index (χ1v) is 10.9. The highest BCUT2D eigenvalue weighted by Crippen LogP contribution is 2.39. The number of carbonyl (C=O) groups excluding carboxylic acids is 2. The van der Waals surface area contributed by atoms with Gasteiger partial charge in [0, 0.05) is 30.7 Å². The molecule has 2 aromatic carbocycles. The van der Waals surface area contributed by atoms with Gasteiger partial charge in [0.1, 0.15) is 12.4 Å². The lowest BCUT2D eigenvalue weighted by molar-refractivity contribution is -0.858. The third-order valence-electron chi connectivity index (χ3n) is 5.51. The summed E-state index contributed by atoms with van der Waals surface area (Å²) < 4.78 is 5.43. The summed E-state index contributed by atoms with van der Waals surface area (Å²) in [5.74, 6) is -1.61. The van der Waals surface area contributed by atoms with Crippen LogP contribution in [0.1, 0.15) is 23.6 Å². The van der Waals surface area contributed by atoms with Crippen molar-refractivity contribution in [3.8, 4) is 5.75 Å². The van der Waals surface area contributed by atoms with Gasteiger partial charge < -0.3 is 19.6 Å². The van der Waals surface area contributed by atoms with Crippen molar-refractivity contribution >= 4 is 23.1 Å². The molecule has 0 spiro atoms. The molecule has 1 fully saturated rings. The van der Waals surface area contributed by atoms with E-state index in [1.165, 1.54) is 46.2 Å². The Labute approximate surface area is 197 Å². The largest absolute Gasteiger partial charge is 0.872 e. The zero-order chi connectivity index (χ0) is 24.8. The number of nitro benzene ring substituents is 1. The predicted molar refractivity (Wildman–Crippen MR) is 124 cm³/mol. The number of hydrogen-bond donors (Lipinski definition) is 1. The van der Waals surface area contributed by atoms with Gasteiger partial charge in [-0.1, -0.05) is 30.5 Å². The van der Waals surface area contributed by atoms with Crippen molar-refractivity contribution in [3.05, 3.63) is 88.0 Å². The molecule has 1 aliphatic heterocycles. The van der Waals surface area contributed by atoms with Crippen LogP contribution in [0.3, 0.4) is 0 Å². The molecule has 1 atom stereocenters. The van der Waals surface area contributed by atoms with E-state index < -0.39 is 28.4 Å². The van der Waals surface area contributed by atoms with Crippen LogP contribution in [0.5, 0.6) is 5.75 Å². The molecule has 1 aliphatic rings. The van der Waals surface area contributed by atoms with Crippen LogP contribution in [0.2, 0.25) is 0 Å². The van der Waals surface area contributed by atoms with E-state index in [0.29, 0.717) is 24.3 Å². The molecule has 9 heteroatoms. The first kappa shape index (κ1) is 24.7. The number of carbonyl (C=O) groups is 2. The number of ketones is 1.